The predicted octanol–water partition coefficient (Wildman–Crippen LogP) is 0.864. The van der Waals surface area contributed by atoms with E-state index in [0.29, 0.717) is 5.96 Å². The molecule has 1 heterocycles. The van der Waals surface area contributed by atoms with Crippen molar-refractivity contribution in [1.82, 2.24) is 9.78 Å². The number of anilines is 1. The fraction of sp³-hybridized carbons (Fsp3) is 0.556. The molecule has 1 aromatic heterocycles. The lowest BCUT2D eigenvalue weighted by molar-refractivity contribution is 0.756. The van der Waals surface area contributed by atoms with Crippen LogP contribution in [0, 0.1) is 6.92 Å². The molecule has 0 bridgehead atoms. The minimum atomic E-state index is 0.194. The van der Waals surface area contributed by atoms with Gasteiger partial charge in [-0.15, -0.1) is 0 Å². The van der Waals surface area contributed by atoms with E-state index in [1.807, 2.05) is 34.0 Å². The molecule has 0 amide bonds. The van der Waals surface area contributed by atoms with E-state index in [4.69, 9.17) is 5.73 Å². The summed E-state index contributed by atoms with van der Waals surface area (Å²) >= 11 is 0. The first-order valence-electron chi connectivity index (χ1n) is 4.59. The number of hydrogen-bond acceptors (Lipinski definition) is 2. The molecule has 1 rings (SSSR count). The van der Waals surface area contributed by atoms with Gasteiger partial charge < -0.3 is 11.1 Å². The molecule has 1 aromatic rings. The number of aromatic nitrogens is 2. The van der Waals surface area contributed by atoms with Gasteiger partial charge in [-0.05, 0) is 20.8 Å². The Balaban J connectivity index is 2.74. The molecule has 0 atom stereocenters. The molecule has 5 heteroatoms. The van der Waals surface area contributed by atoms with Crippen LogP contribution in [0.5, 0.6) is 0 Å². The SMILES string of the molecule is Cc1nn(C)cc1NC(N)=NC(C)C. The first-order valence-corrected chi connectivity index (χ1v) is 4.59. The summed E-state index contributed by atoms with van der Waals surface area (Å²) in [5, 5.41) is 7.19. The molecular weight excluding hydrogens is 178 g/mol. The summed E-state index contributed by atoms with van der Waals surface area (Å²) in [6.45, 7) is 5.88. The molecular formula is C9H17N5. The summed E-state index contributed by atoms with van der Waals surface area (Å²) in [6.07, 6.45) is 1.87. The first kappa shape index (κ1) is 10.6. The molecule has 0 aliphatic rings. The van der Waals surface area contributed by atoms with E-state index in [1.165, 1.54) is 0 Å². The zero-order chi connectivity index (χ0) is 10.7. The van der Waals surface area contributed by atoms with Crippen LogP contribution in [0.15, 0.2) is 11.2 Å². The minimum Gasteiger partial charge on any atom is -0.370 e. The Morgan fingerprint density at radius 1 is 1.64 bits per heavy atom. The quantitative estimate of drug-likeness (QED) is 0.543. The zero-order valence-electron chi connectivity index (χ0n) is 9.07. The number of nitrogens with two attached hydrogens (primary N) is 1. The lowest BCUT2D eigenvalue weighted by atomic mass is 10.4. The molecule has 3 N–H and O–H groups in total. The molecule has 0 radical (unpaired) electrons. The van der Waals surface area contributed by atoms with Crippen molar-refractivity contribution in [3.8, 4) is 0 Å². The van der Waals surface area contributed by atoms with E-state index < -0.39 is 0 Å². The highest BCUT2D eigenvalue weighted by Gasteiger charge is 2.03. The summed E-state index contributed by atoms with van der Waals surface area (Å²) in [5.74, 6) is 0.427. The van der Waals surface area contributed by atoms with Crippen LogP contribution < -0.4 is 11.1 Å². The van der Waals surface area contributed by atoms with Gasteiger partial charge in [-0.2, -0.15) is 5.10 Å². The van der Waals surface area contributed by atoms with Crippen molar-refractivity contribution < 1.29 is 0 Å². The van der Waals surface area contributed by atoms with Gasteiger partial charge in [0, 0.05) is 19.3 Å². The number of aliphatic imine (C=N–C) groups is 1. The van der Waals surface area contributed by atoms with Crippen LogP contribution in [-0.2, 0) is 7.05 Å². The Morgan fingerprint density at radius 3 is 2.71 bits per heavy atom. The van der Waals surface area contributed by atoms with E-state index in [9.17, 15) is 0 Å². The third-order valence-electron chi connectivity index (χ3n) is 1.67. The number of nitrogens with one attached hydrogen (secondary N) is 1. The maximum absolute atomic E-state index is 5.69. The van der Waals surface area contributed by atoms with Gasteiger partial charge in [0.05, 0.1) is 11.4 Å². The summed E-state index contributed by atoms with van der Waals surface area (Å²) in [7, 11) is 1.87. The van der Waals surface area contributed by atoms with Crippen molar-refractivity contribution in [2.45, 2.75) is 26.8 Å². The number of aryl methyl sites for hydroxylation is 2. The average molecular weight is 195 g/mol. The van der Waals surface area contributed by atoms with Gasteiger partial charge in [-0.3, -0.25) is 9.67 Å². The molecule has 0 unspecified atom stereocenters. The molecule has 78 valence electrons. The molecule has 5 nitrogen and oxygen atoms in total. The summed E-state index contributed by atoms with van der Waals surface area (Å²) < 4.78 is 1.74. The van der Waals surface area contributed by atoms with Gasteiger partial charge >= 0.3 is 0 Å². The van der Waals surface area contributed by atoms with Gasteiger partial charge in [0.15, 0.2) is 5.96 Å². The molecule has 0 aliphatic heterocycles. The number of hydrogen-bond donors (Lipinski definition) is 2. The van der Waals surface area contributed by atoms with Crippen LogP contribution in [-0.4, -0.2) is 21.8 Å². The molecule has 0 fully saturated rings. The predicted molar refractivity (Wildman–Crippen MR) is 58.3 cm³/mol. The number of rotatable bonds is 2. The second-order valence-electron chi connectivity index (χ2n) is 3.53. The highest BCUT2D eigenvalue weighted by Crippen LogP contribution is 2.10. The van der Waals surface area contributed by atoms with E-state index in [2.05, 4.69) is 15.4 Å². The van der Waals surface area contributed by atoms with Crippen LogP contribution in [0.4, 0.5) is 5.69 Å². The van der Waals surface area contributed by atoms with Crippen LogP contribution >= 0.6 is 0 Å². The molecule has 0 saturated carbocycles. The Morgan fingerprint density at radius 2 is 2.29 bits per heavy atom. The normalized spacial score (nSPS) is 12.2. The smallest absolute Gasteiger partial charge is 0.193 e. The van der Waals surface area contributed by atoms with Crippen LogP contribution in [0.1, 0.15) is 19.5 Å². The Labute approximate surface area is 84.0 Å². The highest BCUT2D eigenvalue weighted by atomic mass is 15.3. The van der Waals surface area contributed by atoms with Crippen molar-refractivity contribution in [2.75, 3.05) is 5.32 Å². The van der Waals surface area contributed by atoms with Gasteiger partial charge in [-0.25, -0.2) is 0 Å². The van der Waals surface area contributed by atoms with Crippen molar-refractivity contribution in [1.29, 1.82) is 0 Å². The topological polar surface area (TPSA) is 68.2 Å². The van der Waals surface area contributed by atoms with Gasteiger partial charge in [0.2, 0.25) is 0 Å². The lowest BCUT2D eigenvalue weighted by Gasteiger charge is -2.04. The average Bonchev–Trinajstić information content (AvgIpc) is 2.28. The Bertz CT molecular complexity index is 337. The zero-order valence-corrected chi connectivity index (χ0v) is 9.07. The summed E-state index contributed by atoms with van der Waals surface area (Å²) in [5.41, 5.74) is 7.50. The fourth-order valence-corrected chi connectivity index (χ4v) is 1.17. The van der Waals surface area contributed by atoms with Crippen molar-refractivity contribution in [3.63, 3.8) is 0 Å². The monoisotopic (exact) mass is 195 g/mol. The highest BCUT2D eigenvalue weighted by molar-refractivity contribution is 5.92. The fourth-order valence-electron chi connectivity index (χ4n) is 1.17. The van der Waals surface area contributed by atoms with E-state index in [-0.39, 0.29) is 6.04 Å². The van der Waals surface area contributed by atoms with Gasteiger partial charge in [-0.1, -0.05) is 0 Å². The van der Waals surface area contributed by atoms with Crippen LogP contribution in [0.3, 0.4) is 0 Å². The van der Waals surface area contributed by atoms with Crippen molar-refractivity contribution in [2.24, 2.45) is 17.8 Å². The molecule has 0 aromatic carbocycles. The molecule has 0 aliphatic carbocycles. The van der Waals surface area contributed by atoms with Crippen LogP contribution in [0.25, 0.3) is 0 Å². The lowest BCUT2D eigenvalue weighted by Crippen LogP contribution is -2.24. The first-order chi connectivity index (χ1) is 6.49. The van der Waals surface area contributed by atoms with E-state index >= 15 is 0 Å². The second-order valence-corrected chi connectivity index (χ2v) is 3.53. The van der Waals surface area contributed by atoms with Gasteiger partial charge in [0.25, 0.3) is 0 Å². The second kappa shape index (κ2) is 4.13. The molecule has 0 saturated heterocycles. The maximum atomic E-state index is 5.69. The Hall–Kier alpha value is -1.52. The third kappa shape index (κ3) is 2.76. The number of guanidine groups is 1. The van der Waals surface area contributed by atoms with E-state index in [1.54, 1.807) is 4.68 Å². The summed E-state index contributed by atoms with van der Waals surface area (Å²) in [4.78, 5) is 4.17. The maximum Gasteiger partial charge on any atom is 0.193 e. The summed E-state index contributed by atoms with van der Waals surface area (Å²) in [6, 6.07) is 0.194. The largest absolute Gasteiger partial charge is 0.370 e. The van der Waals surface area contributed by atoms with Gasteiger partial charge in [0.1, 0.15) is 0 Å². The third-order valence-corrected chi connectivity index (χ3v) is 1.67. The molecule has 14 heavy (non-hydrogen) atoms. The molecule has 0 spiro atoms. The van der Waals surface area contributed by atoms with Crippen molar-refractivity contribution >= 4 is 11.6 Å². The Kier molecular flexibility index (Phi) is 3.11. The van der Waals surface area contributed by atoms with Crippen LogP contribution in [0.2, 0.25) is 0 Å². The number of nitrogens with zero attached hydrogens (tertiary/aromatic N) is 3. The van der Waals surface area contributed by atoms with Crippen molar-refractivity contribution in [3.05, 3.63) is 11.9 Å². The standard InChI is InChI=1S/C9H17N5/c1-6(2)11-9(10)12-8-5-14(4)13-7(8)3/h5-6H,1-4H3,(H3,10,11,12). The minimum absolute atomic E-state index is 0.194. The van der Waals surface area contributed by atoms with E-state index in [0.717, 1.165) is 11.4 Å².